The normalized spacial score (nSPS) is 12.5. The fourth-order valence-corrected chi connectivity index (χ4v) is 3.54. The number of nitrogens with zero attached hydrogens (tertiary/aromatic N) is 1. The highest BCUT2D eigenvalue weighted by Crippen LogP contribution is 2.17. The van der Waals surface area contributed by atoms with Crippen LogP contribution in [-0.4, -0.2) is 35.4 Å². The Morgan fingerprint density at radius 1 is 0.886 bits per heavy atom. The van der Waals surface area contributed by atoms with Crippen molar-refractivity contribution in [1.29, 1.82) is 0 Å². The lowest BCUT2D eigenvalue weighted by Crippen LogP contribution is -2.53. The average Bonchev–Trinajstić information content (AvgIpc) is 2.87. The third-order valence-electron chi connectivity index (χ3n) is 5.71. The van der Waals surface area contributed by atoms with E-state index in [4.69, 9.17) is 4.74 Å². The van der Waals surface area contributed by atoms with Crippen molar-refractivity contribution in [2.45, 2.75) is 45.3 Å². The van der Waals surface area contributed by atoms with Crippen LogP contribution in [0.15, 0.2) is 78.9 Å². The molecule has 0 aliphatic carbocycles. The molecule has 0 saturated heterocycles. The van der Waals surface area contributed by atoms with E-state index in [0.717, 1.165) is 12.0 Å². The zero-order valence-corrected chi connectivity index (χ0v) is 19.9. The predicted octanol–water partition coefficient (Wildman–Crippen LogP) is 4.90. The number of ether oxygens (including phenoxy) is 1. The van der Waals surface area contributed by atoms with Gasteiger partial charge in [0, 0.05) is 19.0 Å². The molecule has 0 fully saturated rings. The van der Waals surface area contributed by atoms with Gasteiger partial charge in [0.15, 0.2) is 6.61 Å². The smallest absolute Gasteiger partial charge is 0.261 e. The number of amides is 2. The number of hydrogen-bond donors (Lipinski definition) is 1. The van der Waals surface area contributed by atoms with Crippen LogP contribution in [0.1, 0.15) is 31.4 Å². The SMILES string of the molecule is CC[C@H](C)NC(=O)[C@@H](Cc1ccccc1)N(Cc1ccc(F)cc1)C(=O)COc1ccc(F)cc1. The Labute approximate surface area is 204 Å². The van der Waals surface area contributed by atoms with Gasteiger partial charge in [-0.3, -0.25) is 9.59 Å². The topological polar surface area (TPSA) is 58.6 Å². The van der Waals surface area contributed by atoms with Gasteiger partial charge in [0.1, 0.15) is 23.4 Å². The molecule has 2 atom stereocenters. The van der Waals surface area contributed by atoms with E-state index in [0.29, 0.717) is 17.7 Å². The number of halogens is 2. The van der Waals surface area contributed by atoms with Crippen LogP contribution in [0.5, 0.6) is 5.75 Å². The lowest BCUT2D eigenvalue weighted by atomic mass is 10.0. The van der Waals surface area contributed by atoms with E-state index in [2.05, 4.69) is 5.32 Å². The van der Waals surface area contributed by atoms with E-state index in [1.165, 1.54) is 41.3 Å². The summed E-state index contributed by atoms with van der Waals surface area (Å²) >= 11 is 0. The summed E-state index contributed by atoms with van der Waals surface area (Å²) in [4.78, 5) is 28.3. The van der Waals surface area contributed by atoms with Gasteiger partial charge < -0.3 is 15.0 Å². The molecule has 0 saturated carbocycles. The van der Waals surface area contributed by atoms with Crippen molar-refractivity contribution in [2.75, 3.05) is 6.61 Å². The minimum Gasteiger partial charge on any atom is -0.484 e. The largest absolute Gasteiger partial charge is 0.484 e. The van der Waals surface area contributed by atoms with Gasteiger partial charge in [-0.25, -0.2) is 8.78 Å². The van der Waals surface area contributed by atoms with Crippen molar-refractivity contribution in [1.82, 2.24) is 10.2 Å². The molecule has 3 aromatic rings. The Morgan fingerprint density at radius 2 is 1.49 bits per heavy atom. The van der Waals surface area contributed by atoms with E-state index in [9.17, 15) is 18.4 Å². The molecule has 0 spiro atoms. The zero-order valence-electron chi connectivity index (χ0n) is 19.9. The van der Waals surface area contributed by atoms with E-state index in [-0.39, 0.29) is 30.9 Å². The van der Waals surface area contributed by atoms with Crippen LogP contribution < -0.4 is 10.1 Å². The van der Waals surface area contributed by atoms with Crippen LogP contribution in [0, 0.1) is 11.6 Å². The van der Waals surface area contributed by atoms with E-state index >= 15 is 0 Å². The molecule has 5 nitrogen and oxygen atoms in total. The third-order valence-corrected chi connectivity index (χ3v) is 5.71. The molecule has 0 aliphatic rings. The minimum absolute atomic E-state index is 0.0704. The van der Waals surface area contributed by atoms with Gasteiger partial charge in [0.05, 0.1) is 0 Å². The highest BCUT2D eigenvalue weighted by molar-refractivity contribution is 5.88. The summed E-state index contributed by atoms with van der Waals surface area (Å²) in [5.74, 6) is -1.16. The van der Waals surface area contributed by atoms with Crippen LogP contribution in [0.3, 0.4) is 0 Å². The van der Waals surface area contributed by atoms with Gasteiger partial charge in [-0.2, -0.15) is 0 Å². The van der Waals surface area contributed by atoms with Crippen molar-refractivity contribution in [3.8, 4) is 5.75 Å². The molecule has 184 valence electrons. The molecule has 1 N–H and O–H groups in total. The Balaban J connectivity index is 1.89. The maximum atomic E-state index is 13.5. The van der Waals surface area contributed by atoms with Crippen molar-refractivity contribution < 1.29 is 23.1 Å². The van der Waals surface area contributed by atoms with E-state index in [1.54, 1.807) is 12.1 Å². The Morgan fingerprint density at radius 3 is 2.09 bits per heavy atom. The second-order valence-corrected chi connectivity index (χ2v) is 8.41. The highest BCUT2D eigenvalue weighted by atomic mass is 19.1. The average molecular weight is 481 g/mol. The van der Waals surface area contributed by atoms with Crippen LogP contribution in [0.25, 0.3) is 0 Å². The highest BCUT2D eigenvalue weighted by Gasteiger charge is 2.31. The lowest BCUT2D eigenvalue weighted by molar-refractivity contribution is -0.143. The number of carbonyl (C=O) groups excluding carboxylic acids is 2. The molecule has 0 unspecified atom stereocenters. The zero-order chi connectivity index (χ0) is 25.2. The fourth-order valence-electron chi connectivity index (χ4n) is 3.54. The number of carbonyl (C=O) groups is 2. The maximum absolute atomic E-state index is 13.5. The second kappa shape index (κ2) is 12.6. The van der Waals surface area contributed by atoms with Crippen molar-refractivity contribution in [3.05, 3.63) is 102 Å². The summed E-state index contributed by atoms with van der Waals surface area (Å²) in [6.45, 7) is 3.63. The predicted molar refractivity (Wildman–Crippen MR) is 131 cm³/mol. The Bertz CT molecular complexity index is 1090. The summed E-state index contributed by atoms with van der Waals surface area (Å²) in [7, 11) is 0. The van der Waals surface area contributed by atoms with Crippen LogP contribution in [0.4, 0.5) is 8.78 Å². The summed E-state index contributed by atoms with van der Waals surface area (Å²) in [5.41, 5.74) is 1.57. The summed E-state index contributed by atoms with van der Waals surface area (Å²) < 4.78 is 32.3. The Kier molecular flexibility index (Phi) is 9.35. The quantitative estimate of drug-likeness (QED) is 0.425. The van der Waals surface area contributed by atoms with Gasteiger partial charge in [0.2, 0.25) is 5.91 Å². The number of hydrogen-bond acceptors (Lipinski definition) is 3. The van der Waals surface area contributed by atoms with Gasteiger partial charge in [-0.05, 0) is 60.9 Å². The summed E-state index contributed by atoms with van der Waals surface area (Å²) in [5, 5.41) is 2.98. The standard InChI is InChI=1S/C28H30F2N2O3/c1-3-20(2)31-28(34)26(17-21-7-5-4-6-8-21)32(18-22-9-11-23(29)12-10-22)27(33)19-35-25-15-13-24(30)14-16-25/h4-16,20,26H,3,17-19H2,1-2H3,(H,31,34)/t20-,26+/m0/s1. The number of benzene rings is 3. The molecule has 0 heterocycles. The van der Waals surface area contributed by atoms with Crippen LogP contribution in [0.2, 0.25) is 0 Å². The molecule has 3 rings (SSSR count). The molecule has 0 aromatic heterocycles. The lowest BCUT2D eigenvalue weighted by Gasteiger charge is -2.32. The van der Waals surface area contributed by atoms with Gasteiger partial charge in [0.25, 0.3) is 5.91 Å². The molecule has 0 aliphatic heterocycles. The molecule has 0 bridgehead atoms. The van der Waals surface area contributed by atoms with E-state index in [1.807, 2.05) is 44.2 Å². The van der Waals surface area contributed by atoms with Gasteiger partial charge in [-0.1, -0.05) is 49.4 Å². The molecule has 35 heavy (non-hydrogen) atoms. The minimum atomic E-state index is -0.819. The molecule has 0 radical (unpaired) electrons. The van der Waals surface area contributed by atoms with Crippen molar-refractivity contribution >= 4 is 11.8 Å². The molecule has 2 amide bonds. The first-order valence-corrected chi connectivity index (χ1v) is 11.6. The van der Waals surface area contributed by atoms with Crippen LogP contribution >= 0.6 is 0 Å². The first kappa shape index (κ1) is 25.9. The van der Waals surface area contributed by atoms with Crippen molar-refractivity contribution in [3.63, 3.8) is 0 Å². The molecular weight excluding hydrogens is 450 g/mol. The first-order valence-electron chi connectivity index (χ1n) is 11.6. The van der Waals surface area contributed by atoms with Gasteiger partial charge >= 0.3 is 0 Å². The summed E-state index contributed by atoms with van der Waals surface area (Å²) in [6.07, 6.45) is 1.04. The number of nitrogens with one attached hydrogen (secondary N) is 1. The monoisotopic (exact) mass is 480 g/mol. The van der Waals surface area contributed by atoms with Crippen LogP contribution in [-0.2, 0) is 22.6 Å². The molecule has 3 aromatic carbocycles. The Hall–Kier alpha value is -3.74. The maximum Gasteiger partial charge on any atom is 0.261 e. The third kappa shape index (κ3) is 7.91. The number of rotatable bonds is 11. The van der Waals surface area contributed by atoms with E-state index < -0.39 is 17.8 Å². The van der Waals surface area contributed by atoms with Crippen molar-refractivity contribution in [2.24, 2.45) is 0 Å². The van der Waals surface area contributed by atoms with Gasteiger partial charge in [-0.15, -0.1) is 0 Å². The summed E-state index contributed by atoms with van der Waals surface area (Å²) in [6, 6.07) is 19.7. The first-order chi connectivity index (χ1) is 16.9. The molecule has 7 heteroatoms. The fraction of sp³-hybridized carbons (Fsp3) is 0.286. The second-order valence-electron chi connectivity index (χ2n) is 8.41. The molecular formula is C28H30F2N2O3.